The van der Waals surface area contributed by atoms with Crippen LogP contribution in [0.1, 0.15) is 24.1 Å². The number of aromatic nitrogens is 3. The maximum absolute atomic E-state index is 13.3. The Balaban J connectivity index is 1.78. The lowest BCUT2D eigenvalue weighted by atomic mass is 9.94. The second-order valence-electron chi connectivity index (χ2n) is 6.41. The van der Waals surface area contributed by atoms with Gasteiger partial charge in [-0.05, 0) is 19.4 Å². The molecule has 7 nitrogen and oxygen atoms in total. The average Bonchev–Trinajstić information content (AvgIpc) is 3.09. The number of amides is 1. The van der Waals surface area contributed by atoms with E-state index in [1.54, 1.807) is 4.68 Å². The van der Waals surface area contributed by atoms with Crippen molar-refractivity contribution in [3.63, 3.8) is 0 Å². The van der Waals surface area contributed by atoms with Crippen molar-refractivity contribution in [3.05, 3.63) is 53.0 Å². The van der Waals surface area contributed by atoms with Crippen LogP contribution in [0.15, 0.2) is 41.9 Å². The van der Waals surface area contributed by atoms with Crippen LogP contribution in [-0.2, 0) is 9.53 Å². The largest absolute Gasteiger partial charge is 0.378 e. The fraction of sp³-hybridized carbons (Fsp3) is 0.389. The lowest BCUT2D eigenvalue weighted by Crippen LogP contribution is -2.44. The van der Waals surface area contributed by atoms with Gasteiger partial charge in [0.1, 0.15) is 12.4 Å². The number of hydrogen-bond acceptors (Lipinski definition) is 5. The Morgan fingerprint density at radius 3 is 2.64 bits per heavy atom. The van der Waals surface area contributed by atoms with Crippen molar-refractivity contribution in [1.29, 1.82) is 0 Å². The van der Waals surface area contributed by atoms with Crippen LogP contribution in [0.2, 0.25) is 0 Å². The Kier molecular flexibility index (Phi) is 4.01. The fourth-order valence-electron chi connectivity index (χ4n) is 3.36. The molecule has 0 radical (unpaired) electrons. The fourth-order valence-corrected chi connectivity index (χ4v) is 3.36. The van der Waals surface area contributed by atoms with E-state index >= 15 is 0 Å². The van der Waals surface area contributed by atoms with Gasteiger partial charge in [0.05, 0.1) is 18.8 Å². The first-order valence-electron chi connectivity index (χ1n) is 8.46. The Bertz CT molecular complexity index is 818. The smallest absolute Gasteiger partial charge is 0.254 e. The Labute approximate surface area is 146 Å². The number of fused-ring (bicyclic) bond motifs is 1. The highest BCUT2D eigenvalue weighted by Crippen LogP contribution is 2.35. The summed E-state index contributed by atoms with van der Waals surface area (Å²) in [6, 6.07) is 7.93. The zero-order chi connectivity index (χ0) is 17.4. The Hall–Kier alpha value is -2.67. The summed E-state index contributed by atoms with van der Waals surface area (Å²) in [5, 5.41) is 7.57. The lowest BCUT2D eigenvalue weighted by Gasteiger charge is -2.33. The second-order valence-corrected chi connectivity index (χ2v) is 6.41. The third-order valence-corrected chi connectivity index (χ3v) is 4.72. The van der Waals surface area contributed by atoms with Crippen molar-refractivity contribution in [2.45, 2.75) is 19.9 Å². The average molecular weight is 339 g/mol. The van der Waals surface area contributed by atoms with E-state index in [-0.39, 0.29) is 11.9 Å². The predicted molar refractivity (Wildman–Crippen MR) is 93.1 cm³/mol. The summed E-state index contributed by atoms with van der Waals surface area (Å²) in [5.41, 5.74) is 3.74. The van der Waals surface area contributed by atoms with Crippen LogP contribution < -0.4 is 5.32 Å². The van der Waals surface area contributed by atoms with E-state index in [1.165, 1.54) is 11.9 Å². The predicted octanol–water partition coefficient (Wildman–Crippen LogP) is 1.73. The molecule has 2 aliphatic heterocycles. The van der Waals surface area contributed by atoms with E-state index in [9.17, 15) is 4.79 Å². The summed E-state index contributed by atoms with van der Waals surface area (Å²) in [7, 11) is 0. The molecule has 0 saturated carbocycles. The van der Waals surface area contributed by atoms with Crippen LogP contribution >= 0.6 is 0 Å². The van der Waals surface area contributed by atoms with Gasteiger partial charge in [-0.1, -0.05) is 29.8 Å². The third-order valence-electron chi connectivity index (χ3n) is 4.72. The quantitative estimate of drug-likeness (QED) is 0.902. The molecule has 1 fully saturated rings. The summed E-state index contributed by atoms with van der Waals surface area (Å²) in [4.78, 5) is 19.4. The third kappa shape index (κ3) is 2.80. The topological polar surface area (TPSA) is 72.3 Å². The molecule has 1 atom stereocenters. The molecule has 1 saturated heterocycles. The molecule has 1 aromatic heterocycles. The molecule has 4 rings (SSSR count). The summed E-state index contributed by atoms with van der Waals surface area (Å²) >= 11 is 0. The van der Waals surface area contributed by atoms with Crippen LogP contribution in [0, 0.1) is 6.92 Å². The molecule has 1 aromatic carbocycles. The maximum Gasteiger partial charge on any atom is 0.254 e. The zero-order valence-electron chi connectivity index (χ0n) is 14.4. The summed E-state index contributed by atoms with van der Waals surface area (Å²) in [6.45, 7) is 6.35. The molecule has 2 aliphatic rings. The molecular formula is C18H21N5O2. The van der Waals surface area contributed by atoms with Crippen molar-refractivity contribution >= 4 is 11.9 Å². The molecule has 0 aliphatic carbocycles. The van der Waals surface area contributed by atoms with Gasteiger partial charge < -0.3 is 15.0 Å². The van der Waals surface area contributed by atoms with Crippen molar-refractivity contribution in [2.24, 2.45) is 0 Å². The van der Waals surface area contributed by atoms with Gasteiger partial charge in [-0.25, -0.2) is 4.68 Å². The van der Waals surface area contributed by atoms with Crippen LogP contribution in [0.25, 0.3) is 0 Å². The highest BCUT2D eigenvalue weighted by atomic mass is 16.5. The number of aryl methyl sites for hydroxylation is 1. The number of nitrogens with zero attached hydrogens (tertiary/aromatic N) is 4. The van der Waals surface area contributed by atoms with Gasteiger partial charge in [0.2, 0.25) is 5.95 Å². The number of nitrogens with one attached hydrogen (secondary N) is 1. The Morgan fingerprint density at radius 2 is 1.92 bits per heavy atom. The van der Waals surface area contributed by atoms with E-state index in [2.05, 4.69) is 39.7 Å². The van der Waals surface area contributed by atoms with Gasteiger partial charge in [0.15, 0.2) is 0 Å². The number of rotatable bonds is 2. The number of hydrogen-bond donors (Lipinski definition) is 1. The first kappa shape index (κ1) is 15.8. The molecule has 0 spiro atoms. The van der Waals surface area contributed by atoms with E-state index in [0.717, 1.165) is 11.3 Å². The first-order chi connectivity index (χ1) is 12.1. The molecule has 0 bridgehead atoms. The number of carbonyl (C=O) groups excluding carboxylic acids is 1. The molecule has 2 aromatic rings. The van der Waals surface area contributed by atoms with Crippen molar-refractivity contribution in [1.82, 2.24) is 19.7 Å². The first-order valence-corrected chi connectivity index (χ1v) is 8.46. The number of benzene rings is 1. The van der Waals surface area contributed by atoms with Gasteiger partial charge in [-0.2, -0.15) is 10.1 Å². The SMILES string of the molecule is CC1=C(C(=O)N2CCOCC2)[C@H](c2ccc(C)cc2)n2ncnc2N1. The van der Waals surface area contributed by atoms with Crippen molar-refractivity contribution in [3.8, 4) is 0 Å². The molecule has 3 heterocycles. The standard InChI is InChI=1S/C18H21N5O2/c1-12-3-5-14(6-4-12)16-15(17(24)22-7-9-25-10-8-22)13(2)21-18-19-11-20-23(16)18/h3-6,11,16H,7-10H2,1-2H3,(H,19,20,21)/t16-/m0/s1. The van der Waals surface area contributed by atoms with E-state index in [0.29, 0.717) is 37.8 Å². The van der Waals surface area contributed by atoms with Crippen molar-refractivity contribution in [2.75, 3.05) is 31.6 Å². The maximum atomic E-state index is 13.3. The van der Waals surface area contributed by atoms with Crippen LogP contribution in [0.5, 0.6) is 0 Å². The highest BCUT2D eigenvalue weighted by Gasteiger charge is 2.35. The minimum absolute atomic E-state index is 0.0278. The van der Waals surface area contributed by atoms with Crippen molar-refractivity contribution < 1.29 is 9.53 Å². The molecule has 0 unspecified atom stereocenters. The van der Waals surface area contributed by atoms with Gasteiger partial charge in [-0.3, -0.25) is 4.79 Å². The van der Waals surface area contributed by atoms with Gasteiger partial charge in [0, 0.05) is 18.8 Å². The van der Waals surface area contributed by atoms with Gasteiger partial charge in [0.25, 0.3) is 5.91 Å². The van der Waals surface area contributed by atoms with E-state index in [4.69, 9.17) is 4.74 Å². The normalized spacial score (nSPS) is 20.2. The minimum Gasteiger partial charge on any atom is -0.378 e. The van der Waals surface area contributed by atoms with Crippen LogP contribution in [0.4, 0.5) is 5.95 Å². The van der Waals surface area contributed by atoms with Gasteiger partial charge in [-0.15, -0.1) is 0 Å². The van der Waals surface area contributed by atoms with Crippen LogP contribution in [0.3, 0.4) is 0 Å². The molecular weight excluding hydrogens is 318 g/mol. The van der Waals surface area contributed by atoms with E-state index in [1.807, 2.05) is 18.7 Å². The number of allylic oxidation sites excluding steroid dienone is 1. The molecule has 25 heavy (non-hydrogen) atoms. The molecule has 7 heteroatoms. The monoisotopic (exact) mass is 339 g/mol. The summed E-state index contributed by atoms with van der Waals surface area (Å²) in [6.07, 6.45) is 1.51. The van der Waals surface area contributed by atoms with Gasteiger partial charge >= 0.3 is 0 Å². The zero-order valence-corrected chi connectivity index (χ0v) is 14.4. The minimum atomic E-state index is -0.283. The Morgan fingerprint density at radius 1 is 1.20 bits per heavy atom. The van der Waals surface area contributed by atoms with Crippen LogP contribution in [-0.4, -0.2) is 51.9 Å². The number of anilines is 1. The summed E-state index contributed by atoms with van der Waals surface area (Å²) in [5.74, 6) is 0.682. The second kappa shape index (κ2) is 6.33. The van der Waals surface area contributed by atoms with E-state index < -0.39 is 0 Å². The lowest BCUT2D eigenvalue weighted by molar-refractivity contribution is -0.131. The molecule has 1 N–H and O–H groups in total. The summed E-state index contributed by atoms with van der Waals surface area (Å²) < 4.78 is 7.16. The molecule has 1 amide bonds. The highest BCUT2D eigenvalue weighted by molar-refractivity contribution is 5.96. The number of ether oxygens (including phenoxy) is 1. The number of morpholine rings is 1. The molecule has 130 valence electrons. The number of carbonyl (C=O) groups is 1.